The molecule has 3 aromatic rings. The third-order valence-corrected chi connectivity index (χ3v) is 5.45. The molecule has 0 saturated heterocycles. The van der Waals surface area contributed by atoms with E-state index >= 15 is 0 Å². The summed E-state index contributed by atoms with van der Waals surface area (Å²) in [4.78, 5) is 13.8. The SMILES string of the molecule is Cc1ccc([C@@H]([NH2+][C@H](C)C(=O)NCc2ccccc2)c2cccs2)cc1. The molecule has 1 aromatic heterocycles. The molecule has 26 heavy (non-hydrogen) atoms. The number of nitrogens with two attached hydrogens (primary N) is 1. The van der Waals surface area contributed by atoms with Crippen LogP contribution in [-0.4, -0.2) is 11.9 Å². The van der Waals surface area contributed by atoms with Crippen LogP contribution in [0.15, 0.2) is 72.1 Å². The second-order valence-corrected chi connectivity index (χ2v) is 7.57. The van der Waals surface area contributed by atoms with Crippen LogP contribution in [0.2, 0.25) is 0 Å². The molecule has 0 fully saturated rings. The van der Waals surface area contributed by atoms with Crippen LogP contribution >= 0.6 is 11.3 Å². The van der Waals surface area contributed by atoms with Crippen LogP contribution in [0.5, 0.6) is 0 Å². The van der Waals surface area contributed by atoms with Crippen molar-refractivity contribution in [1.29, 1.82) is 0 Å². The fourth-order valence-corrected chi connectivity index (χ4v) is 3.77. The van der Waals surface area contributed by atoms with Gasteiger partial charge in [-0.1, -0.05) is 66.2 Å². The molecule has 4 heteroatoms. The first-order valence-electron chi connectivity index (χ1n) is 8.90. The summed E-state index contributed by atoms with van der Waals surface area (Å²) in [6.45, 7) is 4.62. The van der Waals surface area contributed by atoms with E-state index in [1.54, 1.807) is 11.3 Å². The molecular weight excluding hydrogens is 340 g/mol. The number of thiophene rings is 1. The highest BCUT2D eigenvalue weighted by Crippen LogP contribution is 2.23. The maximum absolute atomic E-state index is 12.6. The van der Waals surface area contributed by atoms with Crippen molar-refractivity contribution in [3.8, 4) is 0 Å². The average Bonchev–Trinajstić information content (AvgIpc) is 3.20. The largest absolute Gasteiger partial charge is 0.347 e. The number of amides is 1. The van der Waals surface area contributed by atoms with Gasteiger partial charge in [-0.05, 0) is 30.9 Å². The van der Waals surface area contributed by atoms with E-state index < -0.39 is 0 Å². The van der Waals surface area contributed by atoms with Gasteiger partial charge in [0.2, 0.25) is 0 Å². The summed E-state index contributed by atoms with van der Waals surface area (Å²) in [5, 5.41) is 7.28. The molecule has 1 amide bonds. The number of benzene rings is 2. The Morgan fingerprint density at radius 1 is 1.04 bits per heavy atom. The number of aryl methyl sites for hydroxylation is 1. The van der Waals surface area contributed by atoms with E-state index in [-0.39, 0.29) is 18.0 Å². The average molecular weight is 366 g/mol. The van der Waals surface area contributed by atoms with Gasteiger partial charge in [0.1, 0.15) is 6.04 Å². The fraction of sp³-hybridized carbons (Fsp3) is 0.227. The lowest BCUT2D eigenvalue weighted by molar-refractivity contribution is -0.704. The molecule has 0 radical (unpaired) electrons. The normalized spacial score (nSPS) is 13.2. The molecule has 2 aromatic carbocycles. The fourth-order valence-electron chi connectivity index (χ4n) is 2.93. The molecule has 0 spiro atoms. The Hall–Kier alpha value is -2.43. The third-order valence-electron chi connectivity index (χ3n) is 4.49. The summed E-state index contributed by atoms with van der Waals surface area (Å²) in [7, 11) is 0. The van der Waals surface area contributed by atoms with Crippen LogP contribution in [-0.2, 0) is 11.3 Å². The van der Waals surface area contributed by atoms with Gasteiger partial charge in [-0.3, -0.25) is 4.79 Å². The highest BCUT2D eigenvalue weighted by molar-refractivity contribution is 7.10. The predicted octanol–water partition coefficient (Wildman–Crippen LogP) is 3.41. The minimum atomic E-state index is -0.174. The molecule has 3 N–H and O–H groups in total. The first-order valence-corrected chi connectivity index (χ1v) is 9.78. The maximum atomic E-state index is 12.6. The minimum absolute atomic E-state index is 0.0579. The van der Waals surface area contributed by atoms with Gasteiger partial charge in [-0.15, -0.1) is 11.3 Å². The van der Waals surface area contributed by atoms with Crippen LogP contribution in [0.1, 0.15) is 34.5 Å². The predicted molar refractivity (Wildman–Crippen MR) is 107 cm³/mol. The molecule has 3 nitrogen and oxygen atoms in total. The smallest absolute Gasteiger partial charge is 0.278 e. The molecule has 0 aliphatic heterocycles. The van der Waals surface area contributed by atoms with E-state index in [0.717, 1.165) is 5.56 Å². The molecular formula is C22H25N2OS+. The number of carbonyl (C=O) groups excluding carboxylic acids is 1. The van der Waals surface area contributed by atoms with Gasteiger partial charge in [-0.2, -0.15) is 0 Å². The quantitative estimate of drug-likeness (QED) is 0.662. The van der Waals surface area contributed by atoms with Crippen LogP contribution in [0.4, 0.5) is 0 Å². The number of quaternary nitrogens is 1. The summed E-state index contributed by atoms with van der Waals surface area (Å²) < 4.78 is 0. The third kappa shape index (κ3) is 4.81. The van der Waals surface area contributed by atoms with Crippen molar-refractivity contribution in [2.75, 3.05) is 0 Å². The van der Waals surface area contributed by atoms with Crippen molar-refractivity contribution in [2.24, 2.45) is 0 Å². The van der Waals surface area contributed by atoms with Crippen LogP contribution in [0, 0.1) is 6.92 Å². The van der Waals surface area contributed by atoms with E-state index in [1.165, 1.54) is 16.0 Å². The lowest BCUT2D eigenvalue weighted by atomic mass is 10.0. The van der Waals surface area contributed by atoms with E-state index in [1.807, 2.05) is 37.3 Å². The summed E-state index contributed by atoms with van der Waals surface area (Å²) in [5.41, 5.74) is 3.58. The van der Waals surface area contributed by atoms with Gasteiger partial charge in [0, 0.05) is 12.1 Å². The first-order chi connectivity index (χ1) is 12.6. The Bertz CT molecular complexity index is 813. The minimum Gasteiger partial charge on any atom is -0.347 e. The molecule has 2 atom stereocenters. The lowest BCUT2D eigenvalue weighted by Gasteiger charge is -2.19. The summed E-state index contributed by atoms with van der Waals surface area (Å²) in [5.74, 6) is 0.0579. The van der Waals surface area contributed by atoms with Crippen LogP contribution in [0.3, 0.4) is 0 Å². The molecule has 134 valence electrons. The van der Waals surface area contributed by atoms with Gasteiger partial charge in [0.15, 0.2) is 6.04 Å². The van der Waals surface area contributed by atoms with E-state index in [0.29, 0.717) is 6.54 Å². The number of nitrogens with one attached hydrogen (secondary N) is 1. The van der Waals surface area contributed by atoms with E-state index in [9.17, 15) is 4.79 Å². The van der Waals surface area contributed by atoms with E-state index in [2.05, 4.69) is 59.3 Å². The maximum Gasteiger partial charge on any atom is 0.278 e. The molecule has 0 aliphatic carbocycles. The van der Waals surface area contributed by atoms with Crippen LogP contribution < -0.4 is 10.6 Å². The van der Waals surface area contributed by atoms with E-state index in [4.69, 9.17) is 0 Å². The molecule has 0 aliphatic rings. The standard InChI is InChI=1S/C22H24N2OS/c1-16-10-12-19(13-11-16)21(20-9-6-14-26-20)24-17(2)22(25)23-15-18-7-4-3-5-8-18/h3-14,17,21,24H,15H2,1-2H3,(H,23,25)/p+1/t17-,21-/m1/s1. The molecule has 0 bridgehead atoms. The van der Waals surface area contributed by atoms with Crippen molar-refractivity contribution in [1.82, 2.24) is 5.32 Å². The second kappa shape index (κ2) is 8.79. The first kappa shape index (κ1) is 18.4. The van der Waals surface area contributed by atoms with Crippen molar-refractivity contribution >= 4 is 17.2 Å². The topological polar surface area (TPSA) is 45.7 Å². The Morgan fingerprint density at radius 2 is 1.77 bits per heavy atom. The van der Waals surface area contributed by atoms with Crippen molar-refractivity contribution in [2.45, 2.75) is 32.5 Å². The molecule has 1 heterocycles. The Labute approximate surface area is 159 Å². The zero-order chi connectivity index (χ0) is 18.4. The highest BCUT2D eigenvalue weighted by Gasteiger charge is 2.25. The summed E-state index contributed by atoms with van der Waals surface area (Å²) >= 11 is 1.73. The van der Waals surface area contributed by atoms with Gasteiger partial charge in [-0.25, -0.2) is 0 Å². The number of carbonyl (C=O) groups is 1. The number of rotatable bonds is 7. The Balaban J connectivity index is 1.68. The zero-order valence-corrected chi connectivity index (χ0v) is 16.0. The zero-order valence-electron chi connectivity index (χ0n) is 15.2. The van der Waals surface area contributed by atoms with Gasteiger partial charge in [0.25, 0.3) is 5.91 Å². The number of hydrogen-bond donors (Lipinski definition) is 2. The van der Waals surface area contributed by atoms with Gasteiger partial charge in [0.05, 0.1) is 4.88 Å². The summed E-state index contributed by atoms with van der Waals surface area (Å²) in [6, 6.07) is 22.7. The van der Waals surface area contributed by atoms with Crippen molar-refractivity contribution in [3.63, 3.8) is 0 Å². The monoisotopic (exact) mass is 365 g/mol. The highest BCUT2D eigenvalue weighted by atomic mass is 32.1. The van der Waals surface area contributed by atoms with Crippen LogP contribution in [0.25, 0.3) is 0 Å². The Kier molecular flexibility index (Phi) is 6.21. The van der Waals surface area contributed by atoms with Crippen molar-refractivity contribution < 1.29 is 10.1 Å². The molecule has 3 rings (SSSR count). The molecule has 0 unspecified atom stereocenters. The van der Waals surface area contributed by atoms with Crippen molar-refractivity contribution in [3.05, 3.63) is 93.7 Å². The van der Waals surface area contributed by atoms with Gasteiger partial charge < -0.3 is 10.6 Å². The second-order valence-electron chi connectivity index (χ2n) is 6.59. The Morgan fingerprint density at radius 3 is 2.42 bits per heavy atom. The summed E-state index contributed by atoms with van der Waals surface area (Å²) in [6.07, 6.45) is 0. The molecule has 0 saturated carbocycles. The number of hydrogen-bond acceptors (Lipinski definition) is 2. The lowest BCUT2D eigenvalue weighted by Crippen LogP contribution is -2.92. The van der Waals surface area contributed by atoms with Gasteiger partial charge >= 0.3 is 0 Å².